The maximum atomic E-state index is 14.6. The molecule has 0 saturated heterocycles. The van der Waals surface area contributed by atoms with E-state index in [0.717, 1.165) is 50.5 Å². The SMILES string of the molecule is [C-]#[N+]C1=C[C@]2(C)C3=CC(=O)[C@@H]4[C@@H]5CC(C)(C)CC[C@]5(C(=O)CNC(=O)CC)CC[C@@]4(C)[C@]3(C)CC[C@H]2C(C)(C)C1=O. The first-order chi connectivity index (χ1) is 18.9. The molecule has 0 radical (unpaired) electrons. The highest BCUT2D eigenvalue weighted by Gasteiger charge is 2.70. The van der Waals surface area contributed by atoms with Gasteiger partial charge in [-0.3, -0.25) is 14.4 Å². The van der Waals surface area contributed by atoms with E-state index in [-0.39, 0.29) is 69.5 Å². The molecule has 3 saturated carbocycles. The van der Waals surface area contributed by atoms with Crippen molar-refractivity contribution in [2.24, 2.45) is 50.2 Å². The molecule has 6 nitrogen and oxygen atoms in total. The molecule has 0 spiro atoms. The molecule has 0 aliphatic heterocycles. The normalized spacial score (nSPS) is 42.3. The Hall–Kier alpha value is -2.55. The first kappa shape index (κ1) is 29.9. The maximum Gasteiger partial charge on any atom is 0.226 e. The van der Waals surface area contributed by atoms with Gasteiger partial charge in [-0.15, -0.1) is 0 Å². The van der Waals surface area contributed by atoms with Crippen molar-refractivity contribution in [3.05, 3.63) is 34.8 Å². The van der Waals surface area contributed by atoms with Gasteiger partial charge in [0.15, 0.2) is 17.3 Å². The van der Waals surface area contributed by atoms with E-state index in [1.807, 2.05) is 26.0 Å². The van der Waals surface area contributed by atoms with Gasteiger partial charge in [0.2, 0.25) is 11.6 Å². The molecule has 0 heterocycles. The minimum Gasteiger partial charge on any atom is -0.349 e. The van der Waals surface area contributed by atoms with Gasteiger partial charge in [-0.2, -0.15) is 0 Å². The van der Waals surface area contributed by atoms with Gasteiger partial charge in [0, 0.05) is 28.6 Å². The van der Waals surface area contributed by atoms with E-state index in [1.165, 1.54) is 0 Å². The van der Waals surface area contributed by atoms with Crippen LogP contribution in [0.25, 0.3) is 4.85 Å². The van der Waals surface area contributed by atoms with Gasteiger partial charge in [0.1, 0.15) is 0 Å². The molecule has 0 aromatic carbocycles. The Balaban J connectivity index is 1.64. The average molecular weight is 561 g/mol. The molecule has 5 aliphatic carbocycles. The zero-order valence-corrected chi connectivity index (χ0v) is 26.3. The number of carbonyl (C=O) groups excluding carboxylic acids is 4. The summed E-state index contributed by atoms with van der Waals surface area (Å²) < 4.78 is 0. The molecule has 0 aromatic rings. The second-order valence-electron chi connectivity index (χ2n) is 15.9. The minimum atomic E-state index is -0.684. The van der Waals surface area contributed by atoms with Crippen LogP contribution < -0.4 is 5.32 Å². The number of nitrogens with one attached hydrogen (secondary N) is 1. The molecule has 6 heteroatoms. The van der Waals surface area contributed by atoms with Crippen LogP contribution >= 0.6 is 0 Å². The van der Waals surface area contributed by atoms with E-state index in [0.29, 0.717) is 6.42 Å². The number of Topliss-reactive ketones (excluding diaryl/α,β-unsaturated/α-hetero) is 2. The highest BCUT2D eigenvalue weighted by molar-refractivity contribution is 6.03. The Bertz CT molecular complexity index is 1330. The lowest BCUT2D eigenvalue weighted by atomic mass is 9.34. The van der Waals surface area contributed by atoms with Crippen molar-refractivity contribution < 1.29 is 19.2 Å². The van der Waals surface area contributed by atoms with E-state index in [1.54, 1.807) is 6.92 Å². The molecule has 41 heavy (non-hydrogen) atoms. The summed E-state index contributed by atoms with van der Waals surface area (Å²) in [6, 6.07) is 0. The molecule has 0 unspecified atom stereocenters. The fourth-order valence-corrected chi connectivity index (χ4v) is 10.6. The van der Waals surface area contributed by atoms with Crippen LogP contribution in [0.4, 0.5) is 0 Å². The summed E-state index contributed by atoms with van der Waals surface area (Å²) in [6.45, 7) is 24.8. The Kier molecular flexibility index (Phi) is 6.73. The van der Waals surface area contributed by atoms with Gasteiger partial charge in [-0.05, 0) is 79.1 Å². The lowest BCUT2D eigenvalue weighted by Gasteiger charge is -2.69. The van der Waals surface area contributed by atoms with Gasteiger partial charge >= 0.3 is 0 Å². The Morgan fingerprint density at radius 3 is 2.29 bits per heavy atom. The van der Waals surface area contributed by atoms with Crippen molar-refractivity contribution in [1.82, 2.24) is 5.32 Å². The number of ketones is 3. The number of carbonyl (C=O) groups is 4. The van der Waals surface area contributed by atoms with Crippen LogP contribution in [-0.4, -0.2) is 29.8 Å². The fourth-order valence-electron chi connectivity index (χ4n) is 10.6. The quantitative estimate of drug-likeness (QED) is 0.390. The summed E-state index contributed by atoms with van der Waals surface area (Å²) in [5.74, 6) is -0.372. The molecule has 5 rings (SSSR count). The summed E-state index contributed by atoms with van der Waals surface area (Å²) >= 11 is 0. The van der Waals surface area contributed by atoms with Crippen molar-refractivity contribution in [2.45, 2.75) is 107 Å². The molecule has 3 fully saturated rings. The van der Waals surface area contributed by atoms with E-state index < -0.39 is 16.2 Å². The zero-order chi connectivity index (χ0) is 30.4. The number of rotatable bonds is 4. The van der Waals surface area contributed by atoms with Crippen molar-refractivity contribution in [3.63, 3.8) is 0 Å². The lowest BCUT2D eigenvalue weighted by molar-refractivity contribution is -0.177. The molecule has 7 atom stereocenters. The molecule has 0 bridgehead atoms. The molecular formula is C35H48N2O4. The highest BCUT2D eigenvalue weighted by atomic mass is 16.2. The first-order valence-electron chi connectivity index (χ1n) is 15.7. The maximum absolute atomic E-state index is 14.6. The largest absolute Gasteiger partial charge is 0.349 e. The lowest BCUT2D eigenvalue weighted by Crippen LogP contribution is -2.66. The number of nitrogens with zero attached hydrogens (tertiary/aromatic N) is 1. The molecular weight excluding hydrogens is 512 g/mol. The second-order valence-corrected chi connectivity index (χ2v) is 15.9. The Morgan fingerprint density at radius 2 is 1.66 bits per heavy atom. The second kappa shape index (κ2) is 9.22. The number of fused-ring (bicyclic) bond motifs is 7. The Morgan fingerprint density at radius 1 is 1.00 bits per heavy atom. The van der Waals surface area contributed by atoms with Crippen LogP contribution in [0, 0.1) is 56.8 Å². The van der Waals surface area contributed by atoms with Gasteiger partial charge in [0.25, 0.3) is 0 Å². The number of allylic oxidation sites excluding steroid dienone is 4. The molecule has 1 amide bonds. The van der Waals surface area contributed by atoms with Crippen molar-refractivity contribution >= 4 is 23.3 Å². The number of hydrogen-bond donors (Lipinski definition) is 1. The fraction of sp³-hybridized carbons (Fsp3) is 0.743. The third kappa shape index (κ3) is 3.93. The van der Waals surface area contributed by atoms with Gasteiger partial charge in [0.05, 0.1) is 13.1 Å². The predicted molar refractivity (Wildman–Crippen MR) is 158 cm³/mol. The molecule has 222 valence electrons. The van der Waals surface area contributed by atoms with E-state index in [9.17, 15) is 19.2 Å². The van der Waals surface area contributed by atoms with Gasteiger partial charge in [-0.1, -0.05) is 67.0 Å². The van der Waals surface area contributed by atoms with Crippen molar-refractivity contribution in [2.75, 3.05) is 6.54 Å². The van der Waals surface area contributed by atoms with Crippen molar-refractivity contribution in [1.29, 1.82) is 0 Å². The topological polar surface area (TPSA) is 84.7 Å². The third-order valence-electron chi connectivity index (χ3n) is 13.2. The van der Waals surface area contributed by atoms with Crippen LogP contribution in [0.5, 0.6) is 0 Å². The van der Waals surface area contributed by atoms with Crippen LogP contribution in [0.3, 0.4) is 0 Å². The van der Waals surface area contributed by atoms with Gasteiger partial charge < -0.3 is 10.1 Å². The Labute approximate surface area is 246 Å². The summed E-state index contributed by atoms with van der Waals surface area (Å²) in [5.41, 5.74) is -1.21. The molecule has 1 N–H and O–H groups in total. The monoisotopic (exact) mass is 560 g/mol. The first-order valence-corrected chi connectivity index (χ1v) is 15.7. The summed E-state index contributed by atoms with van der Waals surface area (Å²) in [7, 11) is 0. The van der Waals surface area contributed by atoms with Crippen molar-refractivity contribution in [3.8, 4) is 0 Å². The third-order valence-corrected chi connectivity index (χ3v) is 13.2. The average Bonchev–Trinajstić information content (AvgIpc) is 2.90. The van der Waals surface area contributed by atoms with E-state index >= 15 is 0 Å². The zero-order valence-electron chi connectivity index (χ0n) is 26.3. The minimum absolute atomic E-state index is 0.0142. The summed E-state index contributed by atoms with van der Waals surface area (Å²) in [5, 5.41) is 2.84. The number of amides is 1. The number of hydrogen-bond acceptors (Lipinski definition) is 4. The van der Waals surface area contributed by atoms with Crippen LogP contribution in [0.2, 0.25) is 0 Å². The standard InChI is InChI=1S/C35H48N2O4/c1-10-27(40)37-20-26(39)35-15-13-30(2,3)18-21(35)28-23(38)17-25-32(6)19-22(36-9)29(41)31(4,5)24(32)11-12-33(25,7)34(28,8)14-16-35/h17,19,21,24,28H,10-16,18,20H2,1-8H3,(H,37,40)/t21-,24-,28-,32-,33+,34+,35-/m0/s1. The van der Waals surface area contributed by atoms with E-state index in [4.69, 9.17) is 6.57 Å². The van der Waals surface area contributed by atoms with Gasteiger partial charge in [-0.25, -0.2) is 4.85 Å². The van der Waals surface area contributed by atoms with E-state index in [2.05, 4.69) is 44.8 Å². The van der Waals surface area contributed by atoms with Crippen LogP contribution in [0.15, 0.2) is 23.4 Å². The summed E-state index contributed by atoms with van der Waals surface area (Å²) in [4.78, 5) is 57.6. The molecule has 5 aliphatic rings. The predicted octanol–water partition coefficient (Wildman–Crippen LogP) is 6.65. The smallest absolute Gasteiger partial charge is 0.226 e. The van der Waals surface area contributed by atoms with Crippen LogP contribution in [-0.2, 0) is 19.2 Å². The summed E-state index contributed by atoms with van der Waals surface area (Å²) in [6.07, 6.45) is 9.84. The molecule has 0 aromatic heterocycles. The highest BCUT2D eigenvalue weighted by Crippen LogP contribution is 2.74. The van der Waals surface area contributed by atoms with Crippen LogP contribution in [0.1, 0.15) is 107 Å².